The van der Waals surface area contributed by atoms with Crippen LogP contribution in [0.1, 0.15) is 16.7 Å². The molecular weight excluding hydrogens is 363 g/mol. The van der Waals surface area contributed by atoms with Crippen LogP contribution in [0.3, 0.4) is 0 Å². The maximum atomic E-state index is 12.5. The normalized spacial score (nSPS) is 12.0. The minimum absolute atomic E-state index is 0. The van der Waals surface area contributed by atoms with Gasteiger partial charge in [-0.05, 0) is 30.8 Å². The van der Waals surface area contributed by atoms with Crippen LogP contribution in [0.4, 0.5) is 13.2 Å². The lowest BCUT2D eigenvalue weighted by molar-refractivity contribution is -0.137. The molecule has 0 atom stereocenters. The zero-order valence-electron chi connectivity index (χ0n) is 14.2. The van der Waals surface area contributed by atoms with Crippen LogP contribution in [-0.2, 0) is 12.7 Å². The Balaban J connectivity index is 0.00000243. The lowest BCUT2D eigenvalue weighted by Crippen LogP contribution is -2.17. The Morgan fingerprint density at radius 1 is 1.04 bits per heavy atom. The number of benzene rings is 2. The first-order valence-electron chi connectivity index (χ1n) is 7.91. The van der Waals surface area contributed by atoms with E-state index in [4.69, 9.17) is 4.42 Å². The van der Waals surface area contributed by atoms with Crippen LogP contribution in [0, 0.1) is 0 Å². The molecule has 2 aromatic carbocycles. The van der Waals surface area contributed by atoms with Crippen molar-refractivity contribution < 1.29 is 17.6 Å². The fraction of sp³-hybridized carbons (Fsp3) is 0.200. The first kappa shape index (κ1) is 20.1. The predicted octanol–water partition coefficient (Wildman–Crippen LogP) is 6.02. The summed E-state index contributed by atoms with van der Waals surface area (Å²) in [6.45, 7) is 1.41. The van der Waals surface area contributed by atoms with E-state index < -0.39 is 11.7 Å². The van der Waals surface area contributed by atoms with Crippen molar-refractivity contribution in [1.82, 2.24) is 4.90 Å². The Kier molecular flexibility index (Phi) is 6.51. The minimum atomic E-state index is -4.30. The minimum Gasteiger partial charge on any atom is -0.464 e. The quantitative estimate of drug-likeness (QED) is 0.537. The van der Waals surface area contributed by atoms with E-state index in [-0.39, 0.29) is 12.4 Å². The van der Waals surface area contributed by atoms with Gasteiger partial charge < -0.3 is 4.42 Å². The van der Waals surface area contributed by atoms with Gasteiger partial charge in [0.2, 0.25) is 0 Å². The molecule has 0 aliphatic carbocycles. The maximum Gasteiger partial charge on any atom is 0.416 e. The van der Waals surface area contributed by atoms with Gasteiger partial charge in [0, 0.05) is 24.0 Å². The Morgan fingerprint density at radius 2 is 1.73 bits per heavy atom. The molecule has 1 heterocycles. The fourth-order valence-corrected chi connectivity index (χ4v) is 2.66. The molecule has 1 aromatic heterocycles. The highest BCUT2D eigenvalue weighted by Gasteiger charge is 2.29. The highest BCUT2D eigenvalue weighted by atomic mass is 35.5. The molecule has 0 unspecified atom stereocenters. The van der Waals surface area contributed by atoms with E-state index in [1.165, 1.54) is 12.1 Å². The zero-order chi connectivity index (χ0) is 17.9. The molecule has 3 rings (SSSR count). The SMILES string of the molecule is CN(C/C=C/c1ccc(C(F)(F)F)cc1)Cc1coc2ccccc12.Cl. The summed E-state index contributed by atoms with van der Waals surface area (Å²) < 4.78 is 43.1. The third-order valence-electron chi connectivity index (χ3n) is 3.97. The van der Waals surface area contributed by atoms with Crippen molar-refractivity contribution in [2.45, 2.75) is 12.7 Å². The number of furan rings is 1. The van der Waals surface area contributed by atoms with Crippen molar-refractivity contribution in [2.75, 3.05) is 13.6 Å². The van der Waals surface area contributed by atoms with Crippen LogP contribution in [0.2, 0.25) is 0 Å². The van der Waals surface area contributed by atoms with E-state index in [0.717, 1.165) is 40.8 Å². The lowest BCUT2D eigenvalue weighted by atomic mass is 10.1. The summed E-state index contributed by atoms with van der Waals surface area (Å²) in [6.07, 6.45) is 1.23. The molecule has 0 aliphatic heterocycles. The number of para-hydroxylation sites is 1. The second-order valence-electron chi connectivity index (χ2n) is 5.98. The van der Waals surface area contributed by atoms with Crippen molar-refractivity contribution >= 4 is 29.5 Å². The summed E-state index contributed by atoms with van der Waals surface area (Å²) in [5.74, 6) is 0. The number of hydrogen-bond donors (Lipinski definition) is 0. The van der Waals surface area contributed by atoms with Gasteiger partial charge in [0.25, 0.3) is 0 Å². The molecule has 0 radical (unpaired) electrons. The third kappa shape index (κ3) is 4.90. The first-order valence-corrected chi connectivity index (χ1v) is 7.91. The van der Waals surface area contributed by atoms with Gasteiger partial charge in [-0.2, -0.15) is 13.2 Å². The van der Waals surface area contributed by atoms with Crippen molar-refractivity contribution in [3.8, 4) is 0 Å². The molecule has 0 saturated heterocycles. The summed E-state index contributed by atoms with van der Waals surface area (Å²) in [5.41, 5.74) is 2.09. The van der Waals surface area contributed by atoms with Gasteiger partial charge in [-0.25, -0.2) is 0 Å². The van der Waals surface area contributed by atoms with E-state index in [9.17, 15) is 13.2 Å². The second kappa shape index (κ2) is 8.43. The highest BCUT2D eigenvalue weighted by Crippen LogP contribution is 2.29. The third-order valence-corrected chi connectivity index (χ3v) is 3.97. The molecule has 3 aromatic rings. The first-order chi connectivity index (χ1) is 11.9. The van der Waals surface area contributed by atoms with E-state index in [2.05, 4.69) is 4.90 Å². The molecule has 26 heavy (non-hydrogen) atoms. The van der Waals surface area contributed by atoms with E-state index in [1.54, 1.807) is 6.26 Å². The largest absolute Gasteiger partial charge is 0.464 e. The number of alkyl halides is 3. The van der Waals surface area contributed by atoms with Crippen LogP contribution < -0.4 is 0 Å². The number of hydrogen-bond acceptors (Lipinski definition) is 2. The van der Waals surface area contributed by atoms with Crippen LogP contribution in [0.15, 0.2) is 65.3 Å². The van der Waals surface area contributed by atoms with Crippen LogP contribution >= 0.6 is 12.4 Å². The molecule has 0 saturated carbocycles. The molecular formula is C20H19ClF3NO. The Morgan fingerprint density at radius 3 is 2.42 bits per heavy atom. The van der Waals surface area contributed by atoms with Crippen molar-refractivity contribution in [2.24, 2.45) is 0 Å². The van der Waals surface area contributed by atoms with Gasteiger partial charge in [-0.1, -0.05) is 42.5 Å². The molecule has 138 valence electrons. The number of halogens is 4. The molecule has 0 spiro atoms. The standard InChI is InChI=1S/C20H18F3NO.ClH/c1-24(13-16-14-25-19-7-3-2-6-18(16)19)12-4-5-15-8-10-17(11-9-15)20(21,22)23;/h2-11,14H,12-13H2,1H3;1H/b5-4+;. The van der Waals surface area contributed by atoms with Crippen LogP contribution in [0.5, 0.6) is 0 Å². The molecule has 0 bridgehead atoms. The number of rotatable bonds is 5. The number of fused-ring (bicyclic) bond motifs is 1. The fourth-order valence-electron chi connectivity index (χ4n) is 2.66. The van der Waals surface area contributed by atoms with Gasteiger partial charge in [-0.15, -0.1) is 12.4 Å². The van der Waals surface area contributed by atoms with E-state index >= 15 is 0 Å². The topological polar surface area (TPSA) is 16.4 Å². The molecule has 0 aliphatic rings. The summed E-state index contributed by atoms with van der Waals surface area (Å²) in [7, 11) is 1.98. The van der Waals surface area contributed by atoms with E-state index in [1.807, 2.05) is 43.5 Å². The number of nitrogens with zero attached hydrogens (tertiary/aromatic N) is 1. The highest BCUT2D eigenvalue weighted by molar-refractivity contribution is 5.85. The van der Waals surface area contributed by atoms with Crippen LogP contribution in [0.25, 0.3) is 17.0 Å². The average Bonchev–Trinajstić information content (AvgIpc) is 2.98. The van der Waals surface area contributed by atoms with Gasteiger partial charge in [0.15, 0.2) is 0 Å². The van der Waals surface area contributed by atoms with Gasteiger partial charge >= 0.3 is 6.18 Å². The van der Waals surface area contributed by atoms with E-state index in [0.29, 0.717) is 6.54 Å². The number of likely N-dealkylation sites (N-methyl/N-ethyl adjacent to an activating group) is 1. The smallest absolute Gasteiger partial charge is 0.416 e. The van der Waals surface area contributed by atoms with Gasteiger partial charge in [0.1, 0.15) is 5.58 Å². The summed E-state index contributed by atoms with van der Waals surface area (Å²) in [6, 6.07) is 13.0. The summed E-state index contributed by atoms with van der Waals surface area (Å²) >= 11 is 0. The Labute approximate surface area is 156 Å². The molecule has 6 heteroatoms. The molecule has 0 N–H and O–H groups in total. The molecule has 2 nitrogen and oxygen atoms in total. The molecule has 0 fully saturated rings. The van der Waals surface area contributed by atoms with Crippen molar-refractivity contribution in [1.29, 1.82) is 0 Å². The molecule has 0 amide bonds. The second-order valence-corrected chi connectivity index (χ2v) is 5.98. The monoisotopic (exact) mass is 381 g/mol. The Hall–Kier alpha value is -2.24. The average molecular weight is 382 g/mol. The predicted molar refractivity (Wildman–Crippen MR) is 100 cm³/mol. The van der Waals surface area contributed by atoms with Crippen LogP contribution in [-0.4, -0.2) is 18.5 Å². The van der Waals surface area contributed by atoms with Crippen molar-refractivity contribution in [3.05, 3.63) is 77.6 Å². The van der Waals surface area contributed by atoms with Gasteiger partial charge in [-0.3, -0.25) is 4.90 Å². The summed E-state index contributed by atoms with van der Waals surface area (Å²) in [4.78, 5) is 2.11. The Bertz CT molecular complexity index is 869. The lowest BCUT2D eigenvalue weighted by Gasteiger charge is -2.13. The summed E-state index contributed by atoms with van der Waals surface area (Å²) in [5, 5.41) is 1.10. The zero-order valence-corrected chi connectivity index (χ0v) is 15.0. The van der Waals surface area contributed by atoms with Gasteiger partial charge in [0.05, 0.1) is 11.8 Å². The maximum absolute atomic E-state index is 12.5. The van der Waals surface area contributed by atoms with Crippen molar-refractivity contribution in [3.63, 3.8) is 0 Å².